The van der Waals surface area contributed by atoms with E-state index in [1.54, 1.807) is 24.3 Å². The monoisotopic (exact) mass is 799 g/mol. The molecule has 2 unspecified atom stereocenters. The Labute approximate surface area is 334 Å². The zero-order valence-corrected chi connectivity index (χ0v) is 32.4. The fraction of sp³-hybridized carbons (Fsp3) is 0.450. The fourth-order valence-corrected chi connectivity index (χ4v) is 8.22. The number of halogens is 1. The number of piperidine rings is 1. The molecule has 0 radical (unpaired) electrons. The van der Waals surface area contributed by atoms with Crippen molar-refractivity contribution in [2.75, 3.05) is 62.6 Å². The molecule has 5 N–H and O–H groups in total. The molecule has 0 spiro atoms. The van der Waals surface area contributed by atoms with E-state index in [1.165, 1.54) is 12.4 Å². The highest BCUT2D eigenvalue weighted by molar-refractivity contribution is 6.30. The molecule has 17 heteroatoms. The van der Waals surface area contributed by atoms with Gasteiger partial charge in [0.15, 0.2) is 0 Å². The van der Waals surface area contributed by atoms with Gasteiger partial charge in [0.05, 0.1) is 28.8 Å². The van der Waals surface area contributed by atoms with Crippen LogP contribution in [0.3, 0.4) is 0 Å². The first kappa shape index (κ1) is 39.8. The van der Waals surface area contributed by atoms with Crippen molar-refractivity contribution in [3.63, 3.8) is 0 Å². The van der Waals surface area contributed by atoms with Gasteiger partial charge in [0.25, 0.3) is 11.8 Å². The van der Waals surface area contributed by atoms with E-state index in [0.717, 1.165) is 21.8 Å². The summed E-state index contributed by atoms with van der Waals surface area (Å²) in [6, 6.07) is 11.1. The van der Waals surface area contributed by atoms with E-state index in [4.69, 9.17) is 11.6 Å². The maximum Gasteiger partial charge on any atom is 0.264 e. The lowest BCUT2D eigenvalue weighted by atomic mass is 9.97. The summed E-state index contributed by atoms with van der Waals surface area (Å²) in [5.74, 6) is -1.95. The summed E-state index contributed by atoms with van der Waals surface area (Å²) in [7, 11) is 0. The molecule has 4 heterocycles. The number of anilines is 2. The summed E-state index contributed by atoms with van der Waals surface area (Å²) in [4.78, 5) is 91.0. The molecule has 1 aromatic heterocycles. The third-order valence-corrected chi connectivity index (χ3v) is 11.3. The number of carbonyl (C=O) groups is 6. The van der Waals surface area contributed by atoms with Crippen LogP contribution in [0, 0.1) is 0 Å². The van der Waals surface area contributed by atoms with Gasteiger partial charge in [-0.15, -0.1) is 0 Å². The van der Waals surface area contributed by atoms with Gasteiger partial charge in [-0.05, 0) is 55.0 Å². The van der Waals surface area contributed by atoms with Crippen molar-refractivity contribution in [3.8, 4) is 0 Å². The number of imide groups is 2. The van der Waals surface area contributed by atoms with E-state index >= 15 is 0 Å². The average Bonchev–Trinajstić information content (AvgIpc) is 3.65. The number of benzene rings is 2. The van der Waals surface area contributed by atoms with E-state index in [9.17, 15) is 33.9 Å². The molecule has 3 aliphatic heterocycles. The Morgan fingerprint density at radius 3 is 2.51 bits per heavy atom. The maximum absolute atomic E-state index is 14.0. The number of hydrogen-bond acceptors (Lipinski definition) is 12. The van der Waals surface area contributed by atoms with Crippen LogP contribution in [0.5, 0.6) is 0 Å². The average molecular weight is 800 g/mol. The van der Waals surface area contributed by atoms with Crippen LogP contribution in [-0.2, 0) is 19.2 Å². The number of aliphatic hydroxyl groups excluding tert-OH is 1. The number of amides is 6. The van der Waals surface area contributed by atoms with Crippen molar-refractivity contribution >= 4 is 58.5 Å². The van der Waals surface area contributed by atoms with Gasteiger partial charge in [-0.1, -0.05) is 36.7 Å². The molecule has 1 aliphatic carbocycles. The minimum Gasteiger partial charge on any atom is -0.387 e. The lowest BCUT2D eigenvalue weighted by Crippen LogP contribution is -2.54. The lowest BCUT2D eigenvalue weighted by Gasteiger charge is -2.38. The van der Waals surface area contributed by atoms with E-state index in [0.29, 0.717) is 81.6 Å². The Kier molecular flexibility index (Phi) is 12.1. The van der Waals surface area contributed by atoms with E-state index in [-0.39, 0.29) is 48.1 Å². The normalized spacial score (nSPS) is 21.0. The third kappa shape index (κ3) is 8.48. The Balaban J connectivity index is 0.858. The summed E-state index contributed by atoms with van der Waals surface area (Å²) in [6.07, 6.45) is 2.38. The number of rotatable bonds is 14. The second-order valence-electron chi connectivity index (χ2n) is 14.8. The van der Waals surface area contributed by atoms with Crippen molar-refractivity contribution in [1.82, 2.24) is 35.7 Å². The molecule has 4 aliphatic rings. The van der Waals surface area contributed by atoms with Crippen molar-refractivity contribution in [3.05, 3.63) is 81.8 Å². The van der Waals surface area contributed by atoms with Crippen molar-refractivity contribution in [2.24, 2.45) is 0 Å². The predicted octanol–water partition coefficient (Wildman–Crippen LogP) is 2.10. The van der Waals surface area contributed by atoms with Gasteiger partial charge in [0.1, 0.15) is 18.2 Å². The molecular formula is C40H46ClN9O7. The number of hydrogen-bond donors (Lipinski definition) is 5. The van der Waals surface area contributed by atoms with Gasteiger partial charge in [-0.25, -0.2) is 9.97 Å². The first-order valence-electron chi connectivity index (χ1n) is 19.4. The number of aliphatic hydroxyl groups is 1. The van der Waals surface area contributed by atoms with Crippen LogP contribution in [0.4, 0.5) is 11.5 Å². The molecular weight excluding hydrogens is 754 g/mol. The summed E-state index contributed by atoms with van der Waals surface area (Å²) in [5.41, 5.74) is 3.33. The Morgan fingerprint density at radius 2 is 1.75 bits per heavy atom. The molecule has 300 valence electrons. The molecule has 7 rings (SSSR count). The molecule has 57 heavy (non-hydrogen) atoms. The highest BCUT2D eigenvalue weighted by Crippen LogP contribution is 2.43. The van der Waals surface area contributed by atoms with Gasteiger partial charge in [0, 0.05) is 81.5 Å². The second kappa shape index (κ2) is 17.4. The van der Waals surface area contributed by atoms with Crippen molar-refractivity contribution < 1.29 is 33.9 Å². The van der Waals surface area contributed by atoms with E-state index < -0.39 is 41.7 Å². The van der Waals surface area contributed by atoms with Gasteiger partial charge < -0.3 is 30.9 Å². The van der Waals surface area contributed by atoms with Gasteiger partial charge in [0.2, 0.25) is 23.6 Å². The Bertz CT molecular complexity index is 2060. The number of carbonyl (C=O) groups excluding carboxylic acids is 6. The minimum atomic E-state index is -1.04. The standard InChI is InChI=1S/C40H46ClN9O7/c1-23-20-30(51)35-33(23)36(46-22-45-35)48-16-18-49(19-17-48)38(55)27(24-6-8-25(41)9-7-24)21-42-15-12-31(52)44-14-3-13-43-28-5-2-4-26-34(28)40(57)50(39(26)56)29-10-11-32(53)47-37(29)54/h2,4-9,22-23,27,29-30,42-43,51H,3,10-21H2,1H3,(H,44,52)(H,47,53,54)/t23-,27?,29?,30-/m1/s1. The molecule has 6 amide bonds. The fourth-order valence-electron chi connectivity index (χ4n) is 8.09. The molecule has 0 bridgehead atoms. The van der Waals surface area contributed by atoms with Crippen LogP contribution in [0.15, 0.2) is 48.8 Å². The maximum atomic E-state index is 14.0. The zero-order valence-electron chi connectivity index (χ0n) is 31.6. The van der Waals surface area contributed by atoms with E-state index in [1.807, 2.05) is 17.0 Å². The first-order valence-corrected chi connectivity index (χ1v) is 19.8. The zero-order chi connectivity index (χ0) is 40.2. The van der Waals surface area contributed by atoms with Gasteiger partial charge >= 0.3 is 0 Å². The summed E-state index contributed by atoms with van der Waals surface area (Å²) in [6.45, 7) is 5.75. The topological polar surface area (TPSA) is 206 Å². The smallest absolute Gasteiger partial charge is 0.264 e. The van der Waals surface area contributed by atoms with Crippen molar-refractivity contribution in [1.29, 1.82) is 0 Å². The molecule has 2 fully saturated rings. The molecule has 2 saturated heterocycles. The summed E-state index contributed by atoms with van der Waals surface area (Å²) >= 11 is 6.17. The lowest BCUT2D eigenvalue weighted by molar-refractivity contribution is -0.136. The second-order valence-corrected chi connectivity index (χ2v) is 15.3. The number of nitrogens with zero attached hydrogens (tertiary/aromatic N) is 5. The quantitative estimate of drug-likeness (QED) is 0.118. The third-order valence-electron chi connectivity index (χ3n) is 11.1. The number of aromatic nitrogens is 2. The van der Waals surface area contributed by atoms with Gasteiger partial charge in [-0.3, -0.25) is 39.0 Å². The highest BCUT2D eigenvalue weighted by Gasteiger charge is 2.45. The van der Waals surface area contributed by atoms with Crippen LogP contribution in [0.2, 0.25) is 5.02 Å². The van der Waals surface area contributed by atoms with Crippen LogP contribution in [-0.4, -0.2) is 119 Å². The number of nitrogens with one attached hydrogen (secondary N) is 4. The summed E-state index contributed by atoms with van der Waals surface area (Å²) in [5, 5.41) is 22.6. The first-order chi connectivity index (χ1) is 27.5. The van der Waals surface area contributed by atoms with Crippen LogP contribution in [0.25, 0.3) is 0 Å². The minimum absolute atomic E-state index is 0.0167. The van der Waals surface area contributed by atoms with Gasteiger partial charge in [-0.2, -0.15) is 0 Å². The van der Waals surface area contributed by atoms with Crippen LogP contribution >= 0.6 is 11.6 Å². The predicted molar refractivity (Wildman–Crippen MR) is 210 cm³/mol. The van der Waals surface area contributed by atoms with E-state index in [2.05, 4.69) is 43.1 Å². The largest absolute Gasteiger partial charge is 0.387 e. The highest BCUT2D eigenvalue weighted by atomic mass is 35.5. The molecule has 3 aromatic rings. The summed E-state index contributed by atoms with van der Waals surface area (Å²) < 4.78 is 0. The molecule has 2 aromatic carbocycles. The van der Waals surface area contributed by atoms with Crippen LogP contribution < -0.4 is 26.2 Å². The SMILES string of the molecule is C[C@@H]1C[C@@H](O)c2ncnc(N3CCN(C(=O)C(CNCCC(=O)NCCCNc4cccc5c4C(=O)N(C4CCC(=O)NC4=O)C5=O)c4ccc(Cl)cc4)CC3)c21. The Hall–Kier alpha value is -5.45. The van der Waals surface area contributed by atoms with Crippen LogP contribution in [0.1, 0.15) is 94.5 Å². The molecule has 4 atom stereocenters. The van der Waals surface area contributed by atoms with Crippen molar-refractivity contribution in [2.45, 2.75) is 63.0 Å². The Morgan fingerprint density at radius 1 is 0.982 bits per heavy atom. The molecule has 0 saturated carbocycles. The number of piperazine rings is 1. The number of fused-ring (bicyclic) bond motifs is 2. The molecule has 16 nitrogen and oxygen atoms in total.